The summed E-state index contributed by atoms with van der Waals surface area (Å²) in [5.74, 6) is -0.647. The van der Waals surface area contributed by atoms with E-state index in [0.29, 0.717) is 16.3 Å². The third-order valence-corrected chi connectivity index (χ3v) is 3.94. The lowest BCUT2D eigenvalue weighted by Gasteiger charge is -2.14. The molecular weight excluding hydrogens is 397 g/mol. The molecule has 1 aromatic carbocycles. The standard InChI is InChI=1S/C18H14ClF3N4O2/c1-26-15(6-7-24-26)16(27)25-13-8-14(11-2-4-12(19)5-3-11)17(23-9-13)28-10-18(20,21)22/h2-9H,10H2,1H3,(H,25,27). The zero-order valence-electron chi connectivity index (χ0n) is 14.5. The maximum atomic E-state index is 12.5. The first kappa shape index (κ1) is 19.7. The summed E-state index contributed by atoms with van der Waals surface area (Å²) in [7, 11) is 1.61. The number of carbonyl (C=O) groups is 1. The van der Waals surface area contributed by atoms with Crippen LogP contribution in [0.2, 0.25) is 5.02 Å². The van der Waals surface area contributed by atoms with Gasteiger partial charge in [0.15, 0.2) is 6.61 Å². The zero-order valence-corrected chi connectivity index (χ0v) is 15.3. The van der Waals surface area contributed by atoms with Crippen LogP contribution in [0.25, 0.3) is 11.1 Å². The number of anilines is 1. The molecule has 0 saturated carbocycles. The lowest BCUT2D eigenvalue weighted by Crippen LogP contribution is -2.20. The van der Waals surface area contributed by atoms with Crippen molar-refractivity contribution in [2.24, 2.45) is 7.05 Å². The molecule has 146 valence electrons. The van der Waals surface area contributed by atoms with Crippen LogP contribution in [0.4, 0.5) is 18.9 Å². The van der Waals surface area contributed by atoms with Gasteiger partial charge >= 0.3 is 6.18 Å². The molecule has 6 nitrogen and oxygen atoms in total. The summed E-state index contributed by atoms with van der Waals surface area (Å²) in [4.78, 5) is 16.3. The number of amides is 1. The van der Waals surface area contributed by atoms with Gasteiger partial charge in [-0.3, -0.25) is 9.48 Å². The van der Waals surface area contributed by atoms with Gasteiger partial charge in [0, 0.05) is 23.8 Å². The third-order valence-electron chi connectivity index (χ3n) is 3.69. The van der Waals surface area contributed by atoms with Crippen LogP contribution in [0.15, 0.2) is 48.8 Å². The smallest absolute Gasteiger partial charge is 0.422 e. The average molecular weight is 411 g/mol. The normalized spacial score (nSPS) is 11.3. The van der Waals surface area contributed by atoms with Gasteiger partial charge in [-0.2, -0.15) is 18.3 Å². The third kappa shape index (κ3) is 4.80. The van der Waals surface area contributed by atoms with Gasteiger partial charge in [0.05, 0.1) is 11.9 Å². The van der Waals surface area contributed by atoms with Gasteiger partial charge in [0.25, 0.3) is 5.91 Å². The molecule has 0 bridgehead atoms. The van der Waals surface area contributed by atoms with Crippen molar-refractivity contribution < 1.29 is 22.7 Å². The number of pyridine rings is 1. The first-order chi connectivity index (χ1) is 13.2. The van der Waals surface area contributed by atoms with Crippen molar-refractivity contribution in [2.75, 3.05) is 11.9 Å². The number of alkyl halides is 3. The van der Waals surface area contributed by atoms with Gasteiger partial charge < -0.3 is 10.1 Å². The molecule has 2 aromatic heterocycles. The second kappa shape index (κ2) is 7.89. The number of nitrogens with one attached hydrogen (secondary N) is 1. The molecule has 0 saturated heterocycles. The fraction of sp³-hybridized carbons (Fsp3) is 0.167. The minimum Gasteiger partial charge on any atom is -0.468 e. The predicted octanol–water partition coefficient (Wildman–Crippen LogP) is 4.33. The molecule has 0 aliphatic rings. The highest BCUT2D eigenvalue weighted by Crippen LogP contribution is 2.32. The van der Waals surface area contributed by atoms with Crippen molar-refractivity contribution >= 4 is 23.2 Å². The predicted molar refractivity (Wildman–Crippen MR) is 97.4 cm³/mol. The van der Waals surface area contributed by atoms with E-state index in [2.05, 4.69) is 15.4 Å². The van der Waals surface area contributed by atoms with E-state index in [-0.39, 0.29) is 17.1 Å². The molecule has 0 fully saturated rings. The lowest BCUT2D eigenvalue weighted by atomic mass is 10.1. The Morgan fingerprint density at radius 3 is 2.57 bits per heavy atom. The van der Waals surface area contributed by atoms with E-state index in [1.165, 1.54) is 29.2 Å². The number of aryl methyl sites for hydroxylation is 1. The molecule has 0 spiro atoms. The number of hydrogen-bond donors (Lipinski definition) is 1. The Morgan fingerprint density at radius 2 is 1.96 bits per heavy atom. The van der Waals surface area contributed by atoms with Crippen molar-refractivity contribution in [2.45, 2.75) is 6.18 Å². The highest BCUT2D eigenvalue weighted by molar-refractivity contribution is 6.30. The number of nitrogens with zero attached hydrogens (tertiary/aromatic N) is 3. The Kier molecular flexibility index (Phi) is 5.55. The molecule has 1 amide bonds. The minimum absolute atomic E-state index is 0.210. The number of aromatic nitrogens is 3. The van der Waals surface area contributed by atoms with E-state index >= 15 is 0 Å². The summed E-state index contributed by atoms with van der Waals surface area (Å²) in [6.45, 7) is -1.48. The van der Waals surface area contributed by atoms with Crippen LogP contribution in [-0.2, 0) is 7.05 Å². The monoisotopic (exact) mass is 410 g/mol. The second-order valence-corrected chi connectivity index (χ2v) is 6.22. The van der Waals surface area contributed by atoms with Crippen molar-refractivity contribution in [3.63, 3.8) is 0 Å². The van der Waals surface area contributed by atoms with Crippen LogP contribution in [0.5, 0.6) is 5.88 Å². The molecule has 1 N–H and O–H groups in total. The van der Waals surface area contributed by atoms with Crippen molar-refractivity contribution in [3.8, 4) is 17.0 Å². The Bertz CT molecular complexity index is 987. The molecular formula is C18H14ClF3N4O2. The lowest BCUT2D eigenvalue weighted by molar-refractivity contribution is -0.154. The Balaban J connectivity index is 1.92. The number of rotatable bonds is 5. The second-order valence-electron chi connectivity index (χ2n) is 5.78. The van der Waals surface area contributed by atoms with Crippen LogP contribution in [0.1, 0.15) is 10.5 Å². The van der Waals surface area contributed by atoms with Crippen LogP contribution >= 0.6 is 11.6 Å². The molecule has 3 rings (SSSR count). The van der Waals surface area contributed by atoms with Crippen molar-refractivity contribution in [1.82, 2.24) is 14.8 Å². The first-order valence-electron chi connectivity index (χ1n) is 7.98. The first-order valence-corrected chi connectivity index (χ1v) is 8.35. The highest BCUT2D eigenvalue weighted by atomic mass is 35.5. The van der Waals surface area contributed by atoms with E-state index in [9.17, 15) is 18.0 Å². The van der Waals surface area contributed by atoms with Crippen molar-refractivity contribution in [1.29, 1.82) is 0 Å². The number of carbonyl (C=O) groups excluding carboxylic acids is 1. The minimum atomic E-state index is -4.51. The van der Waals surface area contributed by atoms with E-state index in [1.54, 1.807) is 31.3 Å². The molecule has 10 heteroatoms. The summed E-state index contributed by atoms with van der Waals surface area (Å²) in [6, 6.07) is 9.43. The maximum Gasteiger partial charge on any atom is 0.422 e. The van der Waals surface area contributed by atoms with E-state index in [4.69, 9.17) is 16.3 Å². The highest BCUT2D eigenvalue weighted by Gasteiger charge is 2.29. The Labute approximate surface area is 162 Å². The maximum absolute atomic E-state index is 12.5. The fourth-order valence-electron chi connectivity index (χ4n) is 2.41. The summed E-state index contributed by atoms with van der Waals surface area (Å²) in [5, 5.41) is 7.02. The van der Waals surface area contributed by atoms with Gasteiger partial charge in [0.1, 0.15) is 5.69 Å². The Hall–Kier alpha value is -3.07. The van der Waals surface area contributed by atoms with Crippen molar-refractivity contribution in [3.05, 3.63) is 59.5 Å². The SMILES string of the molecule is Cn1nccc1C(=O)Nc1cnc(OCC(F)(F)F)c(-c2ccc(Cl)cc2)c1. The molecule has 0 aliphatic carbocycles. The van der Waals surface area contributed by atoms with Gasteiger partial charge in [-0.1, -0.05) is 23.7 Å². The van der Waals surface area contributed by atoms with Crippen LogP contribution < -0.4 is 10.1 Å². The molecule has 2 heterocycles. The van der Waals surface area contributed by atoms with Gasteiger partial charge in [-0.25, -0.2) is 4.98 Å². The zero-order chi connectivity index (χ0) is 20.3. The number of hydrogen-bond acceptors (Lipinski definition) is 4. The van der Waals surface area contributed by atoms with Gasteiger partial charge in [-0.15, -0.1) is 0 Å². The van der Waals surface area contributed by atoms with E-state index < -0.39 is 18.7 Å². The molecule has 0 unspecified atom stereocenters. The fourth-order valence-corrected chi connectivity index (χ4v) is 2.54. The summed E-state index contributed by atoms with van der Waals surface area (Å²) in [6.07, 6.45) is -1.81. The summed E-state index contributed by atoms with van der Waals surface area (Å²) >= 11 is 5.87. The van der Waals surface area contributed by atoms with Crippen LogP contribution in [0, 0.1) is 0 Å². The molecule has 0 atom stereocenters. The number of halogens is 4. The average Bonchev–Trinajstić information content (AvgIpc) is 3.06. The van der Waals surface area contributed by atoms with Crippen LogP contribution in [-0.4, -0.2) is 33.5 Å². The van der Waals surface area contributed by atoms with Gasteiger partial charge in [0.2, 0.25) is 5.88 Å². The molecule has 3 aromatic rings. The summed E-state index contributed by atoms with van der Waals surface area (Å²) in [5.41, 5.74) is 1.41. The van der Waals surface area contributed by atoms with E-state index in [0.717, 1.165) is 0 Å². The number of ether oxygens (including phenoxy) is 1. The van der Waals surface area contributed by atoms with Gasteiger partial charge in [-0.05, 0) is 29.8 Å². The molecule has 28 heavy (non-hydrogen) atoms. The molecule has 0 radical (unpaired) electrons. The van der Waals surface area contributed by atoms with E-state index in [1.807, 2.05) is 0 Å². The summed E-state index contributed by atoms with van der Waals surface area (Å²) < 4.78 is 43.9. The van der Waals surface area contributed by atoms with Crippen LogP contribution in [0.3, 0.4) is 0 Å². The quantitative estimate of drug-likeness (QED) is 0.679. The Morgan fingerprint density at radius 1 is 1.25 bits per heavy atom. The number of benzene rings is 1. The largest absolute Gasteiger partial charge is 0.468 e. The topological polar surface area (TPSA) is 69.0 Å². The molecule has 0 aliphatic heterocycles.